The maximum atomic E-state index is 13.4. The number of carbonyl (C=O) groups excluding carboxylic acids is 1. The van der Waals surface area contributed by atoms with Gasteiger partial charge in [-0.2, -0.15) is 0 Å². The summed E-state index contributed by atoms with van der Waals surface area (Å²) in [7, 11) is 1.86. The van der Waals surface area contributed by atoms with E-state index < -0.39 is 0 Å². The van der Waals surface area contributed by atoms with Gasteiger partial charge in [-0.15, -0.1) is 0 Å². The summed E-state index contributed by atoms with van der Waals surface area (Å²) in [6, 6.07) is 22.2. The van der Waals surface area contributed by atoms with Crippen LogP contribution in [0, 0.1) is 0 Å². The third-order valence-electron chi connectivity index (χ3n) is 6.49. The third-order valence-corrected chi connectivity index (χ3v) is 6.49. The van der Waals surface area contributed by atoms with Crippen molar-refractivity contribution in [2.24, 2.45) is 0 Å². The van der Waals surface area contributed by atoms with Crippen LogP contribution < -0.4 is 0 Å². The van der Waals surface area contributed by atoms with Crippen LogP contribution in [-0.4, -0.2) is 39.1 Å². The first-order valence-corrected chi connectivity index (χ1v) is 12.1. The van der Waals surface area contributed by atoms with Gasteiger partial charge in [-0.3, -0.25) is 4.79 Å². The number of aryl methyl sites for hydroxylation is 1. The van der Waals surface area contributed by atoms with Gasteiger partial charge in [-0.1, -0.05) is 72.2 Å². The van der Waals surface area contributed by atoms with Crippen molar-refractivity contribution in [3.63, 3.8) is 0 Å². The molecule has 6 heteroatoms. The molecule has 1 aliphatic heterocycles. The van der Waals surface area contributed by atoms with Crippen LogP contribution in [0.15, 0.2) is 71.3 Å². The van der Waals surface area contributed by atoms with E-state index in [1.54, 1.807) is 4.90 Å². The van der Waals surface area contributed by atoms with Crippen molar-refractivity contribution in [2.45, 2.75) is 45.1 Å². The predicted molar refractivity (Wildman–Crippen MR) is 132 cm³/mol. The van der Waals surface area contributed by atoms with Gasteiger partial charge < -0.3 is 14.0 Å². The molecule has 1 aliphatic rings. The molecule has 2 aromatic heterocycles. The summed E-state index contributed by atoms with van der Waals surface area (Å²) in [6.45, 7) is 1.55. The summed E-state index contributed by atoms with van der Waals surface area (Å²) < 4.78 is 7.78. The lowest BCUT2D eigenvalue weighted by molar-refractivity contribution is 0.0786. The molecule has 3 heterocycles. The van der Waals surface area contributed by atoms with E-state index in [9.17, 15) is 4.79 Å². The molecule has 0 N–H and O–H groups in total. The fourth-order valence-corrected chi connectivity index (χ4v) is 4.65. The first-order valence-electron chi connectivity index (χ1n) is 12.1. The molecule has 0 fully saturated rings. The molecule has 0 unspecified atom stereocenters. The fraction of sp³-hybridized carbons (Fsp3) is 0.321. The Kier molecular flexibility index (Phi) is 6.56. The number of hydrogen-bond donors (Lipinski definition) is 0. The topological polar surface area (TPSA) is 64.2 Å². The normalized spacial score (nSPS) is 13.3. The van der Waals surface area contributed by atoms with Gasteiger partial charge in [-0.05, 0) is 25.7 Å². The largest absolute Gasteiger partial charge is 0.361 e. The van der Waals surface area contributed by atoms with E-state index in [0.29, 0.717) is 12.2 Å². The number of benzene rings is 2. The van der Waals surface area contributed by atoms with Gasteiger partial charge >= 0.3 is 0 Å². The van der Waals surface area contributed by atoms with Gasteiger partial charge in [0.1, 0.15) is 23.0 Å². The average molecular weight is 455 g/mol. The Morgan fingerprint density at radius 3 is 2.50 bits per heavy atom. The van der Waals surface area contributed by atoms with E-state index >= 15 is 0 Å². The Morgan fingerprint density at radius 2 is 1.74 bits per heavy atom. The molecule has 0 atom stereocenters. The lowest BCUT2D eigenvalue weighted by Crippen LogP contribution is -2.29. The maximum absolute atomic E-state index is 13.4. The number of amides is 1. The number of imidazole rings is 1. The molecule has 34 heavy (non-hydrogen) atoms. The zero-order valence-electron chi connectivity index (χ0n) is 19.6. The minimum atomic E-state index is -0.00428. The number of fused-ring (bicyclic) bond motifs is 1. The Labute approximate surface area is 200 Å². The van der Waals surface area contributed by atoms with Crippen LogP contribution in [0.4, 0.5) is 0 Å². The van der Waals surface area contributed by atoms with Crippen molar-refractivity contribution in [1.82, 2.24) is 19.6 Å². The molecule has 6 nitrogen and oxygen atoms in total. The Hall–Kier alpha value is -3.67. The molecule has 1 amide bonds. The zero-order chi connectivity index (χ0) is 23.3. The van der Waals surface area contributed by atoms with Gasteiger partial charge in [0.2, 0.25) is 0 Å². The molecule has 174 valence electrons. The molecule has 0 radical (unpaired) electrons. The molecule has 0 bridgehead atoms. The maximum Gasteiger partial charge on any atom is 0.274 e. The smallest absolute Gasteiger partial charge is 0.274 e. The molecular formula is C28H30N4O2. The average Bonchev–Trinajstić information content (AvgIpc) is 3.42. The van der Waals surface area contributed by atoms with E-state index in [1.807, 2.05) is 61.6 Å². The highest BCUT2D eigenvalue weighted by molar-refractivity contribution is 5.94. The van der Waals surface area contributed by atoms with Crippen molar-refractivity contribution in [3.8, 4) is 22.6 Å². The first kappa shape index (κ1) is 22.1. The quantitative estimate of drug-likeness (QED) is 0.363. The fourth-order valence-electron chi connectivity index (χ4n) is 4.65. The van der Waals surface area contributed by atoms with E-state index in [-0.39, 0.29) is 5.91 Å². The SMILES string of the molecule is CN(CCCc1cc(-c2ccccc2)no1)C(=O)c1nc(-c2ccccc2)n2c1CCCCC2. The molecule has 4 aromatic rings. The second-order valence-electron chi connectivity index (χ2n) is 8.93. The minimum Gasteiger partial charge on any atom is -0.361 e. The van der Waals surface area contributed by atoms with E-state index in [4.69, 9.17) is 9.51 Å². The van der Waals surface area contributed by atoms with Gasteiger partial charge in [0.15, 0.2) is 0 Å². The highest BCUT2D eigenvalue weighted by Crippen LogP contribution is 2.28. The lowest BCUT2D eigenvalue weighted by atomic mass is 10.1. The summed E-state index contributed by atoms with van der Waals surface area (Å²) in [4.78, 5) is 20.1. The van der Waals surface area contributed by atoms with Crippen molar-refractivity contribution in [1.29, 1.82) is 0 Å². The Bertz CT molecular complexity index is 1240. The van der Waals surface area contributed by atoms with Gasteiger partial charge in [0.05, 0.1) is 5.69 Å². The van der Waals surface area contributed by atoms with Crippen molar-refractivity contribution >= 4 is 5.91 Å². The van der Waals surface area contributed by atoms with E-state index in [0.717, 1.165) is 72.7 Å². The summed E-state index contributed by atoms with van der Waals surface area (Å²) in [5, 5.41) is 4.19. The van der Waals surface area contributed by atoms with Crippen LogP contribution in [0.5, 0.6) is 0 Å². The standard InChI is InChI=1S/C28H30N4O2/c1-31(18-11-16-23-20-24(30-34-23)21-12-5-2-6-13-21)28(33)26-25-17-9-4-10-19-32(25)27(29-26)22-14-7-3-8-15-22/h2-3,5-8,12-15,20H,4,9-11,16-19H2,1H3. The number of hydrogen-bond acceptors (Lipinski definition) is 4. The van der Waals surface area contributed by atoms with Gasteiger partial charge in [0, 0.05) is 43.8 Å². The third kappa shape index (κ3) is 4.67. The number of nitrogens with zero attached hydrogens (tertiary/aromatic N) is 4. The molecule has 0 saturated carbocycles. The van der Waals surface area contributed by atoms with Crippen molar-refractivity contribution < 1.29 is 9.32 Å². The number of rotatable bonds is 7. The first-order chi connectivity index (χ1) is 16.7. The second-order valence-corrected chi connectivity index (χ2v) is 8.93. The van der Waals surface area contributed by atoms with Crippen molar-refractivity contribution in [3.05, 3.63) is 83.9 Å². The zero-order valence-corrected chi connectivity index (χ0v) is 19.6. The lowest BCUT2D eigenvalue weighted by Gasteiger charge is -2.16. The van der Waals surface area contributed by atoms with Crippen LogP contribution in [0.25, 0.3) is 22.6 Å². The molecular weight excluding hydrogens is 424 g/mol. The highest BCUT2D eigenvalue weighted by atomic mass is 16.5. The summed E-state index contributed by atoms with van der Waals surface area (Å²) in [6.07, 6.45) is 5.83. The van der Waals surface area contributed by atoms with Crippen molar-refractivity contribution in [2.75, 3.05) is 13.6 Å². The van der Waals surface area contributed by atoms with Crippen LogP contribution in [0.3, 0.4) is 0 Å². The number of carbonyl (C=O) groups is 1. The minimum absolute atomic E-state index is 0.00428. The molecule has 0 spiro atoms. The molecule has 0 aliphatic carbocycles. The van der Waals surface area contributed by atoms with Crippen LogP contribution in [-0.2, 0) is 19.4 Å². The predicted octanol–water partition coefficient (Wildman–Crippen LogP) is 5.64. The highest BCUT2D eigenvalue weighted by Gasteiger charge is 2.26. The summed E-state index contributed by atoms with van der Waals surface area (Å²) in [5.74, 6) is 1.74. The van der Waals surface area contributed by atoms with E-state index in [2.05, 4.69) is 21.9 Å². The monoisotopic (exact) mass is 454 g/mol. The molecule has 2 aromatic carbocycles. The van der Waals surface area contributed by atoms with Crippen LogP contribution >= 0.6 is 0 Å². The number of aromatic nitrogens is 3. The molecule has 0 saturated heterocycles. The van der Waals surface area contributed by atoms with Gasteiger partial charge in [-0.25, -0.2) is 4.98 Å². The van der Waals surface area contributed by atoms with Crippen LogP contribution in [0.1, 0.15) is 47.6 Å². The second kappa shape index (κ2) is 10.1. The van der Waals surface area contributed by atoms with Crippen LogP contribution in [0.2, 0.25) is 0 Å². The van der Waals surface area contributed by atoms with Gasteiger partial charge in [0.25, 0.3) is 5.91 Å². The Morgan fingerprint density at radius 1 is 1.00 bits per heavy atom. The Balaban J connectivity index is 1.27. The summed E-state index contributed by atoms with van der Waals surface area (Å²) >= 11 is 0. The van der Waals surface area contributed by atoms with E-state index in [1.165, 1.54) is 6.42 Å². The molecule has 5 rings (SSSR count). The summed E-state index contributed by atoms with van der Waals surface area (Å²) in [5.41, 5.74) is 4.63.